The lowest BCUT2D eigenvalue weighted by Crippen LogP contribution is -2.28. The quantitative estimate of drug-likeness (QED) is 0.790. The molecular weight excluding hydrogens is 276 g/mol. The number of carbonyl (C=O) groups excluding carboxylic acids is 1. The Kier molecular flexibility index (Phi) is 3.92. The van der Waals surface area contributed by atoms with Gasteiger partial charge in [-0.2, -0.15) is 0 Å². The van der Waals surface area contributed by atoms with Crippen molar-refractivity contribution >= 4 is 17.0 Å². The van der Waals surface area contributed by atoms with E-state index in [9.17, 15) is 4.79 Å². The third kappa shape index (κ3) is 2.72. The average Bonchev–Trinajstić information content (AvgIpc) is 2.93. The maximum atomic E-state index is 12.6. The molecule has 0 aliphatic rings. The topological polar surface area (TPSA) is 55.1 Å². The first-order valence-electron chi connectivity index (χ1n) is 7.41. The van der Waals surface area contributed by atoms with Crippen molar-refractivity contribution in [2.75, 3.05) is 0 Å². The highest BCUT2D eigenvalue weighted by molar-refractivity contribution is 6.04. The van der Waals surface area contributed by atoms with Crippen LogP contribution in [0.1, 0.15) is 41.2 Å². The van der Waals surface area contributed by atoms with E-state index in [0.29, 0.717) is 22.6 Å². The summed E-state index contributed by atoms with van der Waals surface area (Å²) in [5.41, 5.74) is 2.89. The molecular formula is C18H18N2O2. The van der Waals surface area contributed by atoms with E-state index in [1.807, 2.05) is 42.5 Å². The summed E-state index contributed by atoms with van der Waals surface area (Å²) in [6, 6.07) is 15.4. The Morgan fingerprint density at radius 3 is 2.68 bits per heavy atom. The molecule has 0 saturated carbocycles. The van der Waals surface area contributed by atoms with Gasteiger partial charge in [0.1, 0.15) is 5.52 Å². The Hall–Kier alpha value is -2.62. The van der Waals surface area contributed by atoms with Gasteiger partial charge in [-0.1, -0.05) is 43.3 Å². The summed E-state index contributed by atoms with van der Waals surface area (Å²) < 4.78 is 5.48. The zero-order chi connectivity index (χ0) is 15.5. The van der Waals surface area contributed by atoms with Gasteiger partial charge < -0.3 is 9.73 Å². The van der Waals surface area contributed by atoms with E-state index in [1.54, 1.807) is 13.0 Å². The average molecular weight is 294 g/mol. The molecule has 1 atom stereocenters. The lowest BCUT2D eigenvalue weighted by Gasteiger charge is -2.17. The molecule has 4 nitrogen and oxygen atoms in total. The van der Waals surface area contributed by atoms with E-state index in [4.69, 9.17) is 4.42 Å². The molecule has 0 spiro atoms. The fraction of sp³-hybridized carbons (Fsp3) is 0.222. The van der Waals surface area contributed by atoms with E-state index >= 15 is 0 Å². The Bertz CT molecular complexity index is 793. The van der Waals surface area contributed by atoms with E-state index in [2.05, 4.69) is 17.2 Å². The highest BCUT2D eigenvalue weighted by Crippen LogP contribution is 2.21. The highest BCUT2D eigenvalue weighted by Gasteiger charge is 2.18. The zero-order valence-electron chi connectivity index (χ0n) is 12.7. The standard InChI is InChI=1S/C18H18N2O2/c1-3-15(13-8-5-4-6-9-13)20-18(21)14-10-7-11-16-17(14)19-12(2)22-16/h4-11,15H,3H2,1-2H3,(H,20,21). The molecule has 1 N–H and O–H groups in total. The number of nitrogens with zero attached hydrogens (tertiary/aromatic N) is 1. The third-order valence-corrected chi connectivity index (χ3v) is 3.69. The molecule has 1 unspecified atom stereocenters. The molecule has 1 heterocycles. The van der Waals surface area contributed by atoms with Crippen LogP contribution in [0.3, 0.4) is 0 Å². The Morgan fingerprint density at radius 1 is 1.18 bits per heavy atom. The van der Waals surface area contributed by atoms with Crippen molar-refractivity contribution in [3.63, 3.8) is 0 Å². The minimum atomic E-state index is -0.130. The second kappa shape index (κ2) is 6.02. The third-order valence-electron chi connectivity index (χ3n) is 3.69. The van der Waals surface area contributed by atoms with Crippen molar-refractivity contribution in [2.45, 2.75) is 26.3 Å². The normalized spacial score (nSPS) is 12.3. The number of rotatable bonds is 4. The van der Waals surface area contributed by atoms with Gasteiger partial charge in [0.05, 0.1) is 11.6 Å². The molecule has 3 aromatic rings. The number of para-hydroxylation sites is 1. The highest BCUT2D eigenvalue weighted by atomic mass is 16.3. The predicted molar refractivity (Wildman–Crippen MR) is 85.7 cm³/mol. The number of oxazole rings is 1. The van der Waals surface area contributed by atoms with Crippen LogP contribution in [0.2, 0.25) is 0 Å². The summed E-state index contributed by atoms with van der Waals surface area (Å²) in [5, 5.41) is 3.08. The second-order valence-electron chi connectivity index (χ2n) is 5.23. The summed E-state index contributed by atoms with van der Waals surface area (Å²) >= 11 is 0. The number of carbonyl (C=O) groups is 1. The van der Waals surface area contributed by atoms with Crippen LogP contribution in [-0.4, -0.2) is 10.9 Å². The van der Waals surface area contributed by atoms with Crippen molar-refractivity contribution in [1.29, 1.82) is 0 Å². The second-order valence-corrected chi connectivity index (χ2v) is 5.23. The van der Waals surface area contributed by atoms with E-state index in [-0.39, 0.29) is 11.9 Å². The van der Waals surface area contributed by atoms with E-state index in [1.165, 1.54) is 0 Å². The minimum absolute atomic E-state index is 0.0167. The lowest BCUT2D eigenvalue weighted by molar-refractivity contribution is 0.0937. The van der Waals surface area contributed by atoms with Gasteiger partial charge in [-0.05, 0) is 24.1 Å². The van der Waals surface area contributed by atoms with Gasteiger partial charge >= 0.3 is 0 Å². The Balaban J connectivity index is 1.89. The van der Waals surface area contributed by atoms with Gasteiger partial charge in [-0.25, -0.2) is 4.98 Å². The molecule has 0 aliphatic carbocycles. The molecule has 0 radical (unpaired) electrons. The molecule has 22 heavy (non-hydrogen) atoms. The molecule has 0 aliphatic heterocycles. The molecule has 3 rings (SSSR count). The zero-order valence-corrected chi connectivity index (χ0v) is 12.7. The van der Waals surface area contributed by atoms with Crippen molar-refractivity contribution in [3.05, 3.63) is 65.5 Å². The first kappa shape index (κ1) is 14.3. The number of hydrogen-bond donors (Lipinski definition) is 1. The van der Waals surface area contributed by atoms with Crippen molar-refractivity contribution in [2.24, 2.45) is 0 Å². The van der Waals surface area contributed by atoms with Crippen LogP contribution in [0.15, 0.2) is 52.9 Å². The Labute approximate surface area is 129 Å². The number of hydrogen-bond acceptors (Lipinski definition) is 3. The first-order chi connectivity index (χ1) is 10.7. The van der Waals surface area contributed by atoms with E-state index < -0.39 is 0 Å². The number of fused-ring (bicyclic) bond motifs is 1. The summed E-state index contributed by atoms with van der Waals surface area (Å²) in [7, 11) is 0. The summed E-state index contributed by atoms with van der Waals surface area (Å²) in [4.78, 5) is 16.9. The van der Waals surface area contributed by atoms with Gasteiger partial charge in [0.2, 0.25) is 0 Å². The number of nitrogens with one attached hydrogen (secondary N) is 1. The number of aromatic nitrogens is 1. The molecule has 1 amide bonds. The number of benzene rings is 2. The van der Waals surface area contributed by atoms with Crippen LogP contribution in [0, 0.1) is 6.92 Å². The first-order valence-corrected chi connectivity index (χ1v) is 7.41. The molecule has 0 bridgehead atoms. The van der Waals surface area contributed by atoms with Gasteiger partial charge in [0.25, 0.3) is 5.91 Å². The largest absolute Gasteiger partial charge is 0.441 e. The van der Waals surface area contributed by atoms with Gasteiger partial charge in [-0.3, -0.25) is 4.79 Å². The Morgan fingerprint density at radius 2 is 1.95 bits per heavy atom. The van der Waals surface area contributed by atoms with Gasteiger partial charge in [0.15, 0.2) is 11.5 Å². The smallest absolute Gasteiger partial charge is 0.254 e. The lowest BCUT2D eigenvalue weighted by atomic mass is 10.0. The van der Waals surface area contributed by atoms with Crippen molar-refractivity contribution < 1.29 is 9.21 Å². The summed E-state index contributed by atoms with van der Waals surface area (Å²) in [6.07, 6.45) is 0.823. The molecule has 1 aromatic heterocycles. The van der Waals surface area contributed by atoms with Crippen molar-refractivity contribution in [1.82, 2.24) is 10.3 Å². The maximum Gasteiger partial charge on any atom is 0.254 e. The molecule has 4 heteroatoms. The monoisotopic (exact) mass is 294 g/mol. The molecule has 112 valence electrons. The fourth-order valence-electron chi connectivity index (χ4n) is 2.59. The van der Waals surface area contributed by atoms with Crippen LogP contribution in [-0.2, 0) is 0 Å². The maximum absolute atomic E-state index is 12.6. The molecule has 2 aromatic carbocycles. The fourth-order valence-corrected chi connectivity index (χ4v) is 2.59. The van der Waals surface area contributed by atoms with Gasteiger partial charge in [-0.15, -0.1) is 0 Å². The number of amides is 1. The van der Waals surface area contributed by atoms with E-state index in [0.717, 1.165) is 12.0 Å². The minimum Gasteiger partial charge on any atom is -0.441 e. The SMILES string of the molecule is CCC(NC(=O)c1cccc2oc(C)nc12)c1ccccc1. The molecule has 0 saturated heterocycles. The van der Waals surface area contributed by atoms with Crippen LogP contribution >= 0.6 is 0 Å². The summed E-state index contributed by atoms with van der Waals surface area (Å²) in [5.74, 6) is 0.431. The summed E-state index contributed by atoms with van der Waals surface area (Å²) in [6.45, 7) is 3.83. The van der Waals surface area contributed by atoms with Crippen LogP contribution < -0.4 is 5.32 Å². The number of aryl methyl sites for hydroxylation is 1. The van der Waals surface area contributed by atoms with Gasteiger partial charge in [0, 0.05) is 6.92 Å². The van der Waals surface area contributed by atoms with Crippen LogP contribution in [0.5, 0.6) is 0 Å². The predicted octanol–water partition coefficient (Wildman–Crippen LogP) is 4.02. The van der Waals surface area contributed by atoms with Crippen LogP contribution in [0.25, 0.3) is 11.1 Å². The molecule has 0 fully saturated rings. The van der Waals surface area contributed by atoms with Crippen molar-refractivity contribution in [3.8, 4) is 0 Å². The van der Waals surface area contributed by atoms with Crippen LogP contribution in [0.4, 0.5) is 0 Å².